The summed E-state index contributed by atoms with van der Waals surface area (Å²) in [5.74, 6) is 0.231. The predicted molar refractivity (Wildman–Crippen MR) is 94.1 cm³/mol. The molecule has 2 aromatic rings. The van der Waals surface area contributed by atoms with Crippen LogP contribution in [0.25, 0.3) is 0 Å². The lowest BCUT2D eigenvalue weighted by Crippen LogP contribution is -2.22. The number of benzene rings is 2. The highest BCUT2D eigenvalue weighted by Crippen LogP contribution is 2.19. The maximum absolute atomic E-state index is 12.1. The molecular weight excluding hydrogens is 288 g/mol. The Kier molecular flexibility index (Phi) is 5.52. The van der Waals surface area contributed by atoms with E-state index in [1.165, 1.54) is 12.5 Å². The molecule has 0 aliphatic heterocycles. The van der Waals surface area contributed by atoms with Gasteiger partial charge in [-0.2, -0.15) is 0 Å². The molecule has 0 heterocycles. The molecule has 0 aliphatic rings. The second kappa shape index (κ2) is 7.58. The smallest absolute Gasteiger partial charge is 0.243 e. The summed E-state index contributed by atoms with van der Waals surface area (Å²) in [6.45, 7) is 5.84. The number of amides is 1. The number of para-hydroxylation sites is 1. The molecule has 0 bridgehead atoms. The average Bonchev–Trinajstić information content (AvgIpc) is 2.53. The molecule has 1 amide bonds. The summed E-state index contributed by atoms with van der Waals surface area (Å²) in [6, 6.07) is 15.0. The van der Waals surface area contributed by atoms with Gasteiger partial charge in [0.25, 0.3) is 0 Å². The number of hydrogen-bond acceptors (Lipinski definition) is 3. The van der Waals surface area contributed by atoms with Crippen molar-refractivity contribution in [3.63, 3.8) is 0 Å². The van der Waals surface area contributed by atoms with Crippen LogP contribution in [0.1, 0.15) is 42.6 Å². The number of nitrogens with one attached hydrogen (secondary N) is 2. The molecule has 2 N–H and O–H groups in total. The van der Waals surface area contributed by atoms with E-state index >= 15 is 0 Å². The van der Waals surface area contributed by atoms with Crippen LogP contribution >= 0.6 is 0 Å². The highest BCUT2D eigenvalue weighted by Gasteiger charge is 2.08. The molecule has 0 saturated carbocycles. The molecule has 4 nitrogen and oxygen atoms in total. The van der Waals surface area contributed by atoms with Crippen LogP contribution < -0.4 is 10.6 Å². The summed E-state index contributed by atoms with van der Waals surface area (Å²) in [5.41, 5.74) is 3.22. The zero-order valence-corrected chi connectivity index (χ0v) is 13.7. The Morgan fingerprint density at radius 1 is 1.04 bits per heavy atom. The first-order valence-electron chi connectivity index (χ1n) is 7.71. The van der Waals surface area contributed by atoms with E-state index in [1.54, 1.807) is 18.2 Å². The summed E-state index contributed by atoms with van der Waals surface area (Å²) in [6.07, 6.45) is 0. The zero-order valence-electron chi connectivity index (χ0n) is 13.7. The Labute approximate surface area is 136 Å². The van der Waals surface area contributed by atoms with Gasteiger partial charge in [-0.25, -0.2) is 0 Å². The minimum atomic E-state index is -0.149. The maximum atomic E-state index is 12.1. The molecule has 0 aromatic heterocycles. The summed E-state index contributed by atoms with van der Waals surface area (Å²) in [7, 11) is 0. The summed E-state index contributed by atoms with van der Waals surface area (Å²) in [4.78, 5) is 23.7. The van der Waals surface area contributed by atoms with E-state index in [0.29, 0.717) is 17.2 Å². The molecule has 2 aromatic carbocycles. The number of rotatable bonds is 6. The quantitative estimate of drug-likeness (QED) is 0.791. The van der Waals surface area contributed by atoms with Crippen LogP contribution in [0.4, 0.5) is 11.4 Å². The van der Waals surface area contributed by atoms with Gasteiger partial charge in [0.05, 0.1) is 6.54 Å². The van der Waals surface area contributed by atoms with Gasteiger partial charge in [0.15, 0.2) is 5.78 Å². The van der Waals surface area contributed by atoms with Gasteiger partial charge in [0, 0.05) is 16.9 Å². The van der Waals surface area contributed by atoms with E-state index in [-0.39, 0.29) is 18.2 Å². The molecule has 0 fully saturated rings. The molecule has 23 heavy (non-hydrogen) atoms. The highest BCUT2D eigenvalue weighted by atomic mass is 16.2. The highest BCUT2D eigenvalue weighted by molar-refractivity contribution is 6.00. The summed E-state index contributed by atoms with van der Waals surface area (Å²) in [5, 5.41) is 5.89. The molecule has 0 aliphatic carbocycles. The molecule has 0 atom stereocenters. The maximum Gasteiger partial charge on any atom is 0.243 e. The Bertz CT molecular complexity index is 708. The lowest BCUT2D eigenvalue weighted by Gasteiger charge is -2.12. The van der Waals surface area contributed by atoms with Crippen LogP contribution in [0.15, 0.2) is 48.5 Å². The van der Waals surface area contributed by atoms with Crippen molar-refractivity contribution in [3.05, 3.63) is 59.7 Å². The van der Waals surface area contributed by atoms with Crippen molar-refractivity contribution in [2.45, 2.75) is 26.7 Å². The van der Waals surface area contributed by atoms with Gasteiger partial charge in [-0.3, -0.25) is 9.59 Å². The Morgan fingerprint density at radius 3 is 2.48 bits per heavy atom. The van der Waals surface area contributed by atoms with Crippen molar-refractivity contribution in [2.24, 2.45) is 0 Å². The van der Waals surface area contributed by atoms with Crippen molar-refractivity contribution in [1.82, 2.24) is 0 Å². The first kappa shape index (κ1) is 16.7. The van der Waals surface area contributed by atoms with Crippen molar-refractivity contribution in [3.8, 4) is 0 Å². The second-order valence-corrected chi connectivity index (χ2v) is 5.78. The van der Waals surface area contributed by atoms with Crippen LogP contribution in [0, 0.1) is 0 Å². The normalized spacial score (nSPS) is 10.4. The van der Waals surface area contributed by atoms with Gasteiger partial charge in [-0.15, -0.1) is 0 Å². The van der Waals surface area contributed by atoms with Crippen molar-refractivity contribution >= 4 is 23.1 Å². The fourth-order valence-corrected chi connectivity index (χ4v) is 2.30. The van der Waals surface area contributed by atoms with E-state index in [1.807, 2.05) is 30.3 Å². The number of ketones is 1. The number of hydrogen-bond donors (Lipinski definition) is 2. The number of carbonyl (C=O) groups is 2. The third-order valence-electron chi connectivity index (χ3n) is 3.58. The molecule has 4 heteroatoms. The predicted octanol–water partition coefficient (Wildman–Crippen LogP) is 4.06. The molecule has 0 spiro atoms. The molecule has 0 saturated heterocycles. The summed E-state index contributed by atoms with van der Waals surface area (Å²) < 4.78 is 0. The van der Waals surface area contributed by atoms with Gasteiger partial charge in [-0.05, 0) is 42.7 Å². The SMILES string of the molecule is CC(=O)c1ccccc1NCC(=O)Nc1cccc(C(C)C)c1. The molecular formula is C19H22N2O2. The number of Topliss-reactive ketones (excluding diaryl/α,β-unsaturated/α-hetero) is 1. The Balaban J connectivity index is 1.98. The van der Waals surface area contributed by atoms with E-state index in [9.17, 15) is 9.59 Å². The van der Waals surface area contributed by atoms with Crippen LogP contribution in [0.5, 0.6) is 0 Å². The van der Waals surface area contributed by atoms with Gasteiger partial charge in [0.1, 0.15) is 0 Å². The zero-order chi connectivity index (χ0) is 16.8. The van der Waals surface area contributed by atoms with Gasteiger partial charge in [0.2, 0.25) is 5.91 Å². The topological polar surface area (TPSA) is 58.2 Å². The first-order valence-corrected chi connectivity index (χ1v) is 7.71. The van der Waals surface area contributed by atoms with E-state index < -0.39 is 0 Å². The molecule has 120 valence electrons. The van der Waals surface area contributed by atoms with Gasteiger partial charge in [-0.1, -0.05) is 38.1 Å². The second-order valence-electron chi connectivity index (χ2n) is 5.78. The van der Waals surface area contributed by atoms with Crippen LogP contribution in [-0.4, -0.2) is 18.2 Å². The minimum Gasteiger partial charge on any atom is -0.376 e. The Hall–Kier alpha value is -2.62. The fraction of sp³-hybridized carbons (Fsp3) is 0.263. The standard InChI is InChI=1S/C19H22N2O2/c1-13(2)15-7-6-8-16(11-15)21-19(23)12-20-18-10-5-4-9-17(18)14(3)22/h4-11,13,20H,12H2,1-3H3,(H,21,23). The third-order valence-corrected chi connectivity index (χ3v) is 3.58. The lowest BCUT2D eigenvalue weighted by atomic mass is 10.0. The van der Waals surface area contributed by atoms with E-state index in [2.05, 4.69) is 24.5 Å². The van der Waals surface area contributed by atoms with Crippen LogP contribution in [-0.2, 0) is 4.79 Å². The fourth-order valence-electron chi connectivity index (χ4n) is 2.30. The third kappa shape index (κ3) is 4.68. The van der Waals surface area contributed by atoms with Crippen molar-refractivity contribution in [1.29, 1.82) is 0 Å². The van der Waals surface area contributed by atoms with E-state index in [4.69, 9.17) is 0 Å². The van der Waals surface area contributed by atoms with E-state index in [0.717, 1.165) is 5.69 Å². The van der Waals surface area contributed by atoms with Crippen molar-refractivity contribution < 1.29 is 9.59 Å². The van der Waals surface area contributed by atoms with Gasteiger partial charge < -0.3 is 10.6 Å². The summed E-state index contributed by atoms with van der Waals surface area (Å²) >= 11 is 0. The Morgan fingerprint density at radius 2 is 1.78 bits per heavy atom. The lowest BCUT2D eigenvalue weighted by molar-refractivity contribution is -0.114. The van der Waals surface area contributed by atoms with Crippen LogP contribution in [0.2, 0.25) is 0 Å². The average molecular weight is 310 g/mol. The largest absolute Gasteiger partial charge is 0.376 e. The van der Waals surface area contributed by atoms with Crippen molar-refractivity contribution in [2.75, 3.05) is 17.2 Å². The molecule has 0 radical (unpaired) electrons. The van der Waals surface area contributed by atoms with Gasteiger partial charge >= 0.3 is 0 Å². The minimum absolute atomic E-state index is 0.0295. The van der Waals surface area contributed by atoms with Crippen LogP contribution in [0.3, 0.4) is 0 Å². The number of carbonyl (C=O) groups excluding carboxylic acids is 2. The molecule has 0 unspecified atom stereocenters. The molecule has 2 rings (SSSR count). The first-order chi connectivity index (χ1) is 11.0. The number of anilines is 2. The monoisotopic (exact) mass is 310 g/mol.